The second kappa shape index (κ2) is 4.60. The molecule has 3 nitrogen and oxygen atoms in total. The van der Waals surface area contributed by atoms with Crippen molar-refractivity contribution in [1.82, 2.24) is 10.6 Å². The zero-order valence-corrected chi connectivity index (χ0v) is 8.70. The van der Waals surface area contributed by atoms with Crippen LogP contribution in [-0.4, -0.2) is 36.4 Å². The lowest BCUT2D eigenvalue weighted by Gasteiger charge is -2.43. The molecule has 78 valence electrons. The summed E-state index contributed by atoms with van der Waals surface area (Å²) in [5, 5.41) is 16.5. The van der Waals surface area contributed by atoms with Crippen LogP contribution in [0.2, 0.25) is 0 Å². The Hall–Kier alpha value is 0.170. The van der Waals surface area contributed by atoms with Gasteiger partial charge in [-0.05, 0) is 45.3 Å². The van der Waals surface area contributed by atoms with Crippen LogP contribution in [0.4, 0.5) is 0 Å². The van der Waals surface area contributed by atoms with Crippen LogP contribution in [0.3, 0.4) is 0 Å². The number of hydrogen-bond donors (Lipinski definition) is 3. The van der Waals surface area contributed by atoms with Gasteiger partial charge in [0.15, 0.2) is 0 Å². The third kappa shape index (κ3) is 2.56. The van der Waals surface area contributed by atoms with Crippen LogP contribution in [0, 0.1) is 0 Å². The molecular weight excluding hydrogens is 188 g/mol. The largest absolute Gasteiger partial charge is 0.393 e. The van der Waals surface area contributed by atoms with Gasteiger partial charge < -0.3 is 15.7 Å². The molecule has 0 saturated carbocycles. The fourth-order valence-electron chi connectivity index (χ4n) is 2.42. The highest BCUT2D eigenvalue weighted by Gasteiger charge is 2.36. The average Bonchev–Trinajstić information content (AvgIpc) is 2.05. The van der Waals surface area contributed by atoms with Crippen molar-refractivity contribution in [2.75, 3.05) is 19.6 Å². The molecule has 2 saturated heterocycles. The quantitative estimate of drug-likeness (QED) is 0.534. The third-order valence-electron chi connectivity index (χ3n) is 3.16. The molecule has 4 heteroatoms. The summed E-state index contributed by atoms with van der Waals surface area (Å²) < 4.78 is 0. The number of nitrogens with one attached hydrogen (secondary N) is 2. The number of aliphatic hydroxyl groups excluding tert-OH is 1. The molecule has 2 rings (SSSR count). The highest BCUT2D eigenvalue weighted by Crippen LogP contribution is 2.27. The number of rotatable bonds is 0. The lowest BCUT2D eigenvalue weighted by atomic mass is 9.80. The van der Waals surface area contributed by atoms with Crippen molar-refractivity contribution in [3.8, 4) is 0 Å². The summed E-state index contributed by atoms with van der Waals surface area (Å²) in [6, 6.07) is 0. The number of aliphatic hydroxyl groups is 1. The topological polar surface area (TPSA) is 44.3 Å². The summed E-state index contributed by atoms with van der Waals surface area (Å²) in [6.07, 6.45) is 4.15. The lowest BCUT2D eigenvalue weighted by molar-refractivity contribution is 0.0619. The highest BCUT2D eigenvalue weighted by molar-refractivity contribution is 5.85. The third-order valence-corrected chi connectivity index (χ3v) is 3.16. The minimum atomic E-state index is -0.0654. The van der Waals surface area contributed by atoms with Gasteiger partial charge in [-0.2, -0.15) is 0 Å². The number of halogens is 1. The number of piperidine rings is 2. The molecule has 0 aromatic heterocycles. The fraction of sp³-hybridized carbons (Fsp3) is 1.00. The first-order valence-corrected chi connectivity index (χ1v) is 4.95. The van der Waals surface area contributed by atoms with Crippen LogP contribution in [-0.2, 0) is 0 Å². The van der Waals surface area contributed by atoms with Crippen molar-refractivity contribution >= 4 is 12.4 Å². The molecule has 0 bridgehead atoms. The molecule has 3 N–H and O–H groups in total. The Labute approximate surface area is 85.7 Å². The SMILES string of the molecule is Cl.OC1CCNC2(CCNCC2)C1. The van der Waals surface area contributed by atoms with E-state index in [1.54, 1.807) is 0 Å². The van der Waals surface area contributed by atoms with Crippen LogP contribution < -0.4 is 10.6 Å². The monoisotopic (exact) mass is 206 g/mol. The summed E-state index contributed by atoms with van der Waals surface area (Å²) in [4.78, 5) is 0. The Kier molecular flexibility index (Phi) is 3.98. The maximum absolute atomic E-state index is 9.57. The van der Waals surface area contributed by atoms with E-state index in [9.17, 15) is 5.11 Å². The normalized spacial score (nSPS) is 32.5. The van der Waals surface area contributed by atoms with Gasteiger partial charge in [0.25, 0.3) is 0 Å². The maximum atomic E-state index is 9.57. The summed E-state index contributed by atoms with van der Waals surface area (Å²) in [5.41, 5.74) is 0.267. The lowest BCUT2D eigenvalue weighted by Crippen LogP contribution is -2.57. The van der Waals surface area contributed by atoms with E-state index in [1.807, 2.05) is 0 Å². The van der Waals surface area contributed by atoms with Crippen LogP contribution in [0.5, 0.6) is 0 Å². The second-order valence-electron chi connectivity index (χ2n) is 4.10. The Morgan fingerprint density at radius 1 is 1.15 bits per heavy atom. The van der Waals surface area contributed by atoms with Gasteiger partial charge in [-0.3, -0.25) is 0 Å². The van der Waals surface area contributed by atoms with Crippen LogP contribution in [0.15, 0.2) is 0 Å². The van der Waals surface area contributed by atoms with E-state index in [0.29, 0.717) is 0 Å². The summed E-state index contributed by atoms with van der Waals surface area (Å²) >= 11 is 0. The Morgan fingerprint density at radius 2 is 1.85 bits per heavy atom. The van der Waals surface area contributed by atoms with Crippen molar-refractivity contribution < 1.29 is 5.11 Å². The molecule has 2 fully saturated rings. The molecule has 0 aliphatic carbocycles. The first kappa shape index (κ1) is 11.2. The minimum Gasteiger partial charge on any atom is -0.393 e. The second-order valence-corrected chi connectivity index (χ2v) is 4.10. The Balaban J connectivity index is 0.000000845. The predicted molar refractivity (Wildman–Crippen MR) is 55.3 cm³/mol. The molecule has 2 aliphatic rings. The van der Waals surface area contributed by atoms with Gasteiger partial charge in [0.2, 0.25) is 0 Å². The van der Waals surface area contributed by atoms with E-state index in [0.717, 1.165) is 32.5 Å². The molecular formula is C9H19ClN2O. The van der Waals surface area contributed by atoms with E-state index >= 15 is 0 Å². The zero-order chi connectivity index (χ0) is 8.44. The standard InChI is InChI=1S/C9H18N2O.ClH/c12-8-1-4-11-9(7-8)2-5-10-6-3-9;/h8,10-12H,1-7H2;1H. The summed E-state index contributed by atoms with van der Waals surface area (Å²) in [5.74, 6) is 0. The molecule has 2 heterocycles. The van der Waals surface area contributed by atoms with Gasteiger partial charge >= 0.3 is 0 Å². The van der Waals surface area contributed by atoms with Crippen molar-refractivity contribution in [3.63, 3.8) is 0 Å². The fourth-order valence-corrected chi connectivity index (χ4v) is 2.42. The van der Waals surface area contributed by atoms with Crippen LogP contribution in [0.25, 0.3) is 0 Å². The maximum Gasteiger partial charge on any atom is 0.0570 e. The van der Waals surface area contributed by atoms with E-state index in [2.05, 4.69) is 10.6 Å². The molecule has 1 atom stereocenters. The van der Waals surface area contributed by atoms with Gasteiger partial charge in [-0.1, -0.05) is 0 Å². The predicted octanol–water partition coefficient (Wildman–Crippen LogP) is 0.275. The Morgan fingerprint density at radius 3 is 2.46 bits per heavy atom. The molecule has 13 heavy (non-hydrogen) atoms. The highest BCUT2D eigenvalue weighted by atomic mass is 35.5. The smallest absolute Gasteiger partial charge is 0.0570 e. The minimum absolute atomic E-state index is 0. The van der Waals surface area contributed by atoms with Gasteiger partial charge in [-0.25, -0.2) is 0 Å². The Bertz CT molecular complexity index is 154. The molecule has 0 amide bonds. The molecule has 0 aromatic rings. The summed E-state index contributed by atoms with van der Waals surface area (Å²) in [7, 11) is 0. The number of hydrogen-bond acceptors (Lipinski definition) is 3. The van der Waals surface area contributed by atoms with Crippen molar-refractivity contribution in [1.29, 1.82) is 0 Å². The van der Waals surface area contributed by atoms with E-state index in [1.165, 1.54) is 12.8 Å². The van der Waals surface area contributed by atoms with Gasteiger partial charge in [0, 0.05) is 5.54 Å². The molecule has 1 spiro atoms. The van der Waals surface area contributed by atoms with Gasteiger partial charge in [0.05, 0.1) is 6.10 Å². The van der Waals surface area contributed by atoms with E-state index < -0.39 is 0 Å². The van der Waals surface area contributed by atoms with Crippen LogP contribution in [0.1, 0.15) is 25.7 Å². The molecule has 0 radical (unpaired) electrons. The molecule has 1 unspecified atom stereocenters. The zero-order valence-electron chi connectivity index (χ0n) is 7.88. The first-order chi connectivity index (χ1) is 5.81. The van der Waals surface area contributed by atoms with Crippen molar-refractivity contribution in [3.05, 3.63) is 0 Å². The van der Waals surface area contributed by atoms with Crippen molar-refractivity contribution in [2.24, 2.45) is 0 Å². The average molecular weight is 207 g/mol. The summed E-state index contributed by atoms with van der Waals surface area (Å²) in [6.45, 7) is 3.18. The first-order valence-electron chi connectivity index (χ1n) is 4.95. The molecule has 2 aliphatic heterocycles. The van der Waals surface area contributed by atoms with E-state index in [-0.39, 0.29) is 24.0 Å². The van der Waals surface area contributed by atoms with Crippen molar-refractivity contribution in [2.45, 2.75) is 37.3 Å². The van der Waals surface area contributed by atoms with E-state index in [4.69, 9.17) is 0 Å². The molecule has 0 aromatic carbocycles. The van der Waals surface area contributed by atoms with Gasteiger partial charge in [0.1, 0.15) is 0 Å². The van der Waals surface area contributed by atoms with Crippen LogP contribution >= 0.6 is 12.4 Å². The van der Waals surface area contributed by atoms with Gasteiger partial charge in [-0.15, -0.1) is 12.4 Å².